The molecule has 1 aliphatic carbocycles. The van der Waals surface area contributed by atoms with Crippen molar-refractivity contribution in [3.8, 4) is 6.07 Å². The Balaban J connectivity index is 2.13. The average molecular weight is 282 g/mol. The summed E-state index contributed by atoms with van der Waals surface area (Å²) in [5.41, 5.74) is 0. The summed E-state index contributed by atoms with van der Waals surface area (Å²) >= 11 is 5.16. The van der Waals surface area contributed by atoms with Crippen LogP contribution in [-0.4, -0.2) is 4.75 Å². The first kappa shape index (κ1) is 11.0. The molecule has 1 fully saturated rings. The van der Waals surface area contributed by atoms with Gasteiger partial charge in [0, 0.05) is 9.37 Å². The van der Waals surface area contributed by atoms with E-state index in [1.54, 1.807) is 11.8 Å². The molecule has 0 bridgehead atoms. The van der Waals surface area contributed by atoms with Crippen LogP contribution in [0.15, 0.2) is 33.6 Å². The number of nitrogens with zero attached hydrogens (tertiary/aromatic N) is 1. The summed E-state index contributed by atoms with van der Waals surface area (Å²) < 4.78 is 0.935. The maximum absolute atomic E-state index is 9.21. The zero-order valence-corrected chi connectivity index (χ0v) is 10.9. The Morgan fingerprint density at radius 3 is 3.00 bits per heavy atom. The molecule has 2 rings (SSSR count). The van der Waals surface area contributed by atoms with E-state index in [4.69, 9.17) is 0 Å². The van der Waals surface area contributed by atoms with Crippen LogP contribution in [0.25, 0.3) is 0 Å². The fourth-order valence-electron chi connectivity index (χ4n) is 1.81. The second-order valence-electron chi connectivity index (χ2n) is 3.87. The number of rotatable bonds is 3. The third-order valence-corrected chi connectivity index (χ3v) is 4.77. The standard InChI is InChI=1S/C12H12BrNS/c1-2-9-7-12(9,8-14)15-11-5-3-4-10(13)6-11/h3-6,9H,2,7H2,1H3. The number of nitriles is 1. The first-order chi connectivity index (χ1) is 7.20. The van der Waals surface area contributed by atoms with Gasteiger partial charge in [-0.25, -0.2) is 0 Å². The smallest absolute Gasteiger partial charge is 0.110 e. The number of hydrogen-bond donors (Lipinski definition) is 0. The minimum Gasteiger partial charge on any atom is -0.197 e. The Morgan fingerprint density at radius 2 is 2.47 bits per heavy atom. The molecule has 78 valence electrons. The number of thioether (sulfide) groups is 1. The minimum atomic E-state index is -0.143. The molecule has 2 unspecified atom stereocenters. The van der Waals surface area contributed by atoms with Gasteiger partial charge in [-0.3, -0.25) is 0 Å². The van der Waals surface area contributed by atoms with Crippen molar-refractivity contribution >= 4 is 27.7 Å². The quantitative estimate of drug-likeness (QED) is 0.828. The molecule has 0 N–H and O–H groups in total. The number of halogens is 1. The molecule has 2 atom stereocenters. The van der Waals surface area contributed by atoms with Crippen LogP contribution in [0.5, 0.6) is 0 Å². The lowest BCUT2D eigenvalue weighted by molar-refractivity contribution is 0.776. The molecule has 0 saturated heterocycles. The Hall–Kier alpha value is -0.460. The highest BCUT2D eigenvalue weighted by Gasteiger charge is 2.54. The lowest BCUT2D eigenvalue weighted by atomic mass is 10.3. The van der Waals surface area contributed by atoms with E-state index in [-0.39, 0.29) is 4.75 Å². The minimum absolute atomic E-state index is 0.143. The van der Waals surface area contributed by atoms with Crippen LogP contribution in [0.1, 0.15) is 19.8 Å². The molecule has 3 heteroatoms. The fourth-order valence-corrected chi connectivity index (χ4v) is 3.77. The molecule has 0 amide bonds. The second-order valence-corrected chi connectivity index (χ2v) is 6.19. The second kappa shape index (κ2) is 4.19. The lowest BCUT2D eigenvalue weighted by Gasteiger charge is -2.07. The number of benzene rings is 1. The first-order valence-corrected chi connectivity index (χ1v) is 6.67. The summed E-state index contributed by atoms with van der Waals surface area (Å²) in [6.07, 6.45) is 2.14. The zero-order chi connectivity index (χ0) is 10.9. The van der Waals surface area contributed by atoms with E-state index in [1.165, 1.54) is 4.90 Å². The average Bonchev–Trinajstić information content (AvgIpc) is 2.92. The highest BCUT2D eigenvalue weighted by atomic mass is 79.9. The Bertz CT molecular complexity index is 412. The maximum atomic E-state index is 9.21. The van der Waals surface area contributed by atoms with Crippen LogP contribution in [-0.2, 0) is 0 Å². The van der Waals surface area contributed by atoms with Crippen LogP contribution in [0, 0.1) is 17.2 Å². The van der Waals surface area contributed by atoms with Gasteiger partial charge in [-0.1, -0.05) is 35.3 Å². The summed E-state index contributed by atoms with van der Waals surface area (Å²) in [5, 5.41) is 9.21. The molecule has 1 aliphatic rings. The van der Waals surface area contributed by atoms with E-state index in [2.05, 4.69) is 41.1 Å². The molecule has 0 heterocycles. The van der Waals surface area contributed by atoms with Gasteiger partial charge < -0.3 is 0 Å². The number of hydrogen-bond acceptors (Lipinski definition) is 2. The highest BCUT2D eigenvalue weighted by molar-refractivity contribution is 9.10. The van der Waals surface area contributed by atoms with E-state index in [0.717, 1.165) is 17.3 Å². The van der Waals surface area contributed by atoms with Crippen molar-refractivity contribution in [3.63, 3.8) is 0 Å². The van der Waals surface area contributed by atoms with Crippen LogP contribution >= 0.6 is 27.7 Å². The predicted molar refractivity (Wildman–Crippen MR) is 66.7 cm³/mol. The van der Waals surface area contributed by atoms with Crippen molar-refractivity contribution < 1.29 is 0 Å². The summed E-state index contributed by atoms with van der Waals surface area (Å²) in [6.45, 7) is 2.16. The molecule has 1 nitrogen and oxygen atoms in total. The zero-order valence-electron chi connectivity index (χ0n) is 8.53. The van der Waals surface area contributed by atoms with Crippen LogP contribution in [0.3, 0.4) is 0 Å². The van der Waals surface area contributed by atoms with Crippen molar-refractivity contribution in [1.29, 1.82) is 5.26 Å². The lowest BCUT2D eigenvalue weighted by Crippen LogP contribution is -2.02. The van der Waals surface area contributed by atoms with E-state index in [1.807, 2.05) is 12.1 Å². The van der Waals surface area contributed by atoms with Crippen molar-refractivity contribution in [2.24, 2.45) is 5.92 Å². The molecule has 15 heavy (non-hydrogen) atoms. The molecule has 0 spiro atoms. The van der Waals surface area contributed by atoms with Gasteiger partial charge in [0.25, 0.3) is 0 Å². The normalized spacial score (nSPS) is 28.5. The fraction of sp³-hybridized carbons (Fsp3) is 0.417. The van der Waals surface area contributed by atoms with Gasteiger partial charge in [-0.2, -0.15) is 5.26 Å². The molecule has 1 saturated carbocycles. The molecule has 0 aliphatic heterocycles. The van der Waals surface area contributed by atoms with Gasteiger partial charge in [0.05, 0.1) is 6.07 Å². The Labute approximate surface area is 103 Å². The van der Waals surface area contributed by atoms with E-state index in [9.17, 15) is 5.26 Å². The first-order valence-electron chi connectivity index (χ1n) is 5.06. The van der Waals surface area contributed by atoms with Gasteiger partial charge in [0.15, 0.2) is 0 Å². The summed E-state index contributed by atoms with van der Waals surface area (Å²) in [6, 6.07) is 10.6. The SMILES string of the molecule is CCC1CC1(C#N)Sc1cccc(Br)c1. The monoisotopic (exact) mass is 281 g/mol. The van der Waals surface area contributed by atoms with Crippen molar-refractivity contribution in [2.45, 2.75) is 29.4 Å². The highest BCUT2D eigenvalue weighted by Crippen LogP contribution is 2.57. The van der Waals surface area contributed by atoms with Crippen molar-refractivity contribution in [1.82, 2.24) is 0 Å². The van der Waals surface area contributed by atoms with Gasteiger partial charge in [-0.05, 0) is 30.5 Å². The third kappa shape index (κ3) is 2.21. The molecular formula is C12H12BrNS. The molecule has 1 aromatic rings. The van der Waals surface area contributed by atoms with Crippen molar-refractivity contribution in [2.75, 3.05) is 0 Å². The van der Waals surface area contributed by atoms with E-state index in [0.29, 0.717) is 5.92 Å². The predicted octanol–water partition coefficient (Wildman–Crippen LogP) is 4.23. The molecule has 0 aromatic heterocycles. The summed E-state index contributed by atoms with van der Waals surface area (Å²) in [4.78, 5) is 1.18. The summed E-state index contributed by atoms with van der Waals surface area (Å²) in [5.74, 6) is 0.575. The third-order valence-electron chi connectivity index (χ3n) is 2.83. The van der Waals surface area contributed by atoms with Gasteiger partial charge in [0.2, 0.25) is 0 Å². The van der Waals surface area contributed by atoms with Gasteiger partial charge in [0.1, 0.15) is 4.75 Å². The van der Waals surface area contributed by atoms with E-state index >= 15 is 0 Å². The molecular weight excluding hydrogens is 270 g/mol. The van der Waals surface area contributed by atoms with Crippen molar-refractivity contribution in [3.05, 3.63) is 28.7 Å². The summed E-state index contributed by atoms with van der Waals surface area (Å²) in [7, 11) is 0. The topological polar surface area (TPSA) is 23.8 Å². The van der Waals surface area contributed by atoms with E-state index < -0.39 is 0 Å². The Morgan fingerprint density at radius 1 is 1.67 bits per heavy atom. The van der Waals surface area contributed by atoms with Crippen LogP contribution in [0.2, 0.25) is 0 Å². The van der Waals surface area contributed by atoms with Crippen LogP contribution in [0.4, 0.5) is 0 Å². The van der Waals surface area contributed by atoms with Crippen LogP contribution < -0.4 is 0 Å². The Kier molecular flexibility index (Phi) is 3.08. The van der Waals surface area contributed by atoms with Gasteiger partial charge in [-0.15, -0.1) is 11.8 Å². The molecule has 1 aromatic carbocycles. The maximum Gasteiger partial charge on any atom is 0.110 e. The largest absolute Gasteiger partial charge is 0.197 e. The molecule has 0 radical (unpaired) electrons. The van der Waals surface area contributed by atoms with Gasteiger partial charge >= 0.3 is 0 Å².